The summed E-state index contributed by atoms with van der Waals surface area (Å²) in [6.45, 7) is 2.07. The Labute approximate surface area is 133 Å². The van der Waals surface area contributed by atoms with Crippen LogP contribution < -0.4 is 0 Å². The molecule has 0 saturated heterocycles. The van der Waals surface area contributed by atoms with E-state index in [9.17, 15) is 22.0 Å². The average Bonchev–Trinajstić information content (AvgIpc) is 2.46. The van der Waals surface area contributed by atoms with Crippen molar-refractivity contribution in [3.63, 3.8) is 0 Å². The van der Waals surface area contributed by atoms with Crippen LogP contribution in [-0.4, -0.2) is 0 Å². The molecule has 0 atom stereocenters. The minimum absolute atomic E-state index is 0.0623. The van der Waals surface area contributed by atoms with Crippen molar-refractivity contribution in [2.45, 2.75) is 57.5 Å². The molecule has 128 valence electrons. The Balaban J connectivity index is 2.06. The number of benzene rings is 1. The second-order valence-corrected chi connectivity index (χ2v) is 6.19. The predicted molar refractivity (Wildman–Crippen MR) is 80.1 cm³/mol. The van der Waals surface area contributed by atoms with E-state index in [-0.39, 0.29) is 5.92 Å². The van der Waals surface area contributed by atoms with E-state index >= 15 is 0 Å². The lowest BCUT2D eigenvalue weighted by Gasteiger charge is -2.28. The molecule has 0 heterocycles. The smallest absolute Gasteiger partial charge is 0.206 e. The van der Waals surface area contributed by atoms with Gasteiger partial charge in [0.2, 0.25) is 0 Å². The molecule has 1 aromatic carbocycles. The molecule has 1 aromatic rings. The molecule has 0 unspecified atom stereocenters. The van der Waals surface area contributed by atoms with Crippen LogP contribution in [0.3, 0.4) is 0 Å². The van der Waals surface area contributed by atoms with Gasteiger partial charge in [0, 0.05) is 0 Å². The zero-order chi connectivity index (χ0) is 17.0. The predicted octanol–water partition coefficient (Wildman–Crippen LogP) is 6.61. The Hall–Kier alpha value is -1.39. The lowest BCUT2D eigenvalue weighted by molar-refractivity contribution is -0.142. The highest BCUT2D eigenvalue weighted by molar-refractivity contribution is 5.30. The molecule has 0 aliphatic heterocycles. The summed E-state index contributed by atoms with van der Waals surface area (Å²) in [5, 5.41) is 0. The molecule has 23 heavy (non-hydrogen) atoms. The first-order chi connectivity index (χ1) is 10.8. The topological polar surface area (TPSA) is 0 Å². The second kappa shape index (κ2) is 7.45. The van der Waals surface area contributed by atoms with Crippen molar-refractivity contribution in [2.24, 2.45) is 5.92 Å². The zero-order valence-corrected chi connectivity index (χ0v) is 13.1. The summed E-state index contributed by atoms with van der Waals surface area (Å²) in [5.74, 6) is -2.54. The van der Waals surface area contributed by atoms with Gasteiger partial charge in [0.1, 0.15) is 17.2 Å². The fraction of sp³-hybridized carbons (Fsp3) is 0.556. The molecule has 0 amide bonds. The molecular weight excluding hydrogens is 311 g/mol. The largest absolute Gasteiger partial charge is 0.422 e. The van der Waals surface area contributed by atoms with E-state index < -0.39 is 23.4 Å². The first-order valence-electron chi connectivity index (χ1n) is 8.04. The number of hydrogen-bond donors (Lipinski definition) is 0. The van der Waals surface area contributed by atoms with E-state index in [1.807, 2.05) is 0 Å². The SMILES string of the molecule is CC/C=C/CC1CCC(c2cc(F)c(C(F)(F)F)c(F)c2)CC1. The molecule has 0 aromatic heterocycles. The lowest BCUT2D eigenvalue weighted by atomic mass is 9.77. The molecule has 0 nitrogen and oxygen atoms in total. The van der Waals surface area contributed by atoms with E-state index in [2.05, 4.69) is 19.1 Å². The third-order valence-electron chi connectivity index (χ3n) is 4.54. The molecule has 0 N–H and O–H groups in total. The van der Waals surface area contributed by atoms with Gasteiger partial charge in [-0.05, 0) is 68.1 Å². The first-order valence-corrected chi connectivity index (χ1v) is 8.04. The Bertz CT molecular complexity index is 528. The molecule has 1 saturated carbocycles. The van der Waals surface area contributed by atoms with Gasteiger partial charge in [-0.1, -0.05) is 19.1 Å². The van der Waals surface area contributed by atoms with Crippen LogP contribution in [0.1, 0.15) is 62.5 Å². The number of rotatable bonds is 4. The van der Waals surface area contributed by atoms with E-state index in [0.29, 0.717) is 11.5 Å². The number of hydrogen-bond acceptors (Lipinski definition) is 0. The van der Waals surface area contributed by atoms with Crippen LogP contribution >= 0.6 is 0 Å². The maximum Gasteiger partial charge on any atom is 0.422 e. The van der Waals surface area contributed by atoms with Gasteiger partial charge in [0.25, 0.3) is 0 Å². The fourth-order valence-corrected chi connectivity index (χ4v) is 3.29. The van der Waals surface area contributed by atoms with Gasteiger partial charge in [-0.15, -0.1) is 0 Å². The first kappa shape index (κ1) is 18.0. The van der Waals surface area contributed by atoms with Crippen molar-refractivity contribution in [2.75, 3.05) is 0 Å². The monoisotopic (exact) mass is 332 g/mol. The van der Waals surface area contributed by atoms with Gasteiger partial charge in [0.15, 0.2) is 0 Å². The number of halogens is 5. The van der Waals surface area contributed by atoms with Crippen molar-refractivity contribution in [1.29, 1.82) is 0 Å². The van der Waals surface area contributed by atoms with Crippen molar-refractivity contribution in [3.8, 4) is 0 Å². The molecular formula is C18H21F5. The average molecular weight is 332 g/mol. The molecule has 1 aliphatic carbocycles. The van der Waals surface area contributed by atoms with Crippen LogP contribution in [0.4, 0.5) is 22.0 Å². The molecule has 0 radical (unpaired) electrons. The van der Waals surface area contributed by atoms with Gasteiger partial charge < -0.3 is 0 Å². The van der Waals surface area contributed by atoms with Crippen LogP contribution in [0.2, 0.25) is 0 Å². The standard InChI is InChI=1S/C18H21F5/c1-2-3-4-5-12-6-8-13(9-7-12)14-10-15(19)17(16(20)11-14)18(21,22)23/h3-4,10-13H,2,5-9H2,1H3/b4-3+. The minimum Gasteiger partial charge on any atom is -0.206 e. The van der Waals surface area contributed by atoms with Crippen LogP contribution in [0.15, 0.2) is 24.3 Å². The van der Waals surface area contributed by atoms with E-state index in [0.717, 1.165) is 50.7 Å². The van der Waals surface area contributed by atoms with Crippen LogP contribution in [0.25, 0.3) is 0 Å². The normalized spacial score (nSPS) is 22.7. The van der Waals surface area contributed by atoms with Gasteiger partial charge in [-0.25, -0.2) is 8.78 Å². The van der Waals surface area contributed by atoms with Crippen molar-refractivity contribution >= 4 is 0 Å². The van der Waals surface area contributed by atoms with Crippen LogP contribution in [0.5, 0.6) is 0 Å². The maximum absolute atomic E-state index is 13.7. The Morgan fingerprint density at radius 3 is 2.04 bits per heavy atom. The summed E-state index contributed by atoms with van der Waals surface area (Å²) in [5.41, 5.74) is -1.45. The van der Waals surface area contributed by atoms with Crippen molar-refractivity contribution in [1.82, 2.24) is 0 Å². The Morgan fingerprint density at radius 2 is 1.57 bits per heavy atom. The lowest BCUT2D eigenvalue weighted by Crippen LogP contribution is -2.16. The van der Waals surface area contributed by atoms with Gasteiger partial charge >= 0.3 is 6.18 Å². The summed E-state index contributed by atoms with van der Waals surface area (Å²) in [7, 11) is 0. The molecule has 1 aliphatic rings. The van der Waals surface area contributed by atoms with Gasteiger partial charge in [-0.3, -0.25) is 0 Å². The van der Waals surface area contributed by atoms with E-state index in [1.165, 1.54) is 0 Å². The highest BCUT2D eigenvalue weighted by Gasteiger charge is 2.38. The molecule has 0 spiro atoms. The molecule has 0 bridgehead atoms. The molecule has 5 heteroatoms. The van der Waals surface area contributed by atoms with Crippen molar-refractivity contribution in [3.05, 3.63) is 47.0 Å². The number of alkyl halides is 3. The maximum atomic E-state index is 13.7. The fourth-order valence-electron chi connectivity index (χ4n) is 3.29. The summed E-state index contributed by atoms with van der Waals surface area (Å²) < 4.78 is 65.1. The van der Waals surface area contributed by atoms with Gasteiger partial charge in [-0.2, -0.15) is 13.2 Å². The summed E-state index contributed by atoms with van der Waals surface area (Å²) >= 11 is 0. The zero-order valence-electron chi connectivity index (χ0n) is 13.1. The van der Waals surface area contributed by atoms with Crippen molar-refractivity contribution < 1.29 is 22.0 Å². The van der Waals surface area contributed by atoms with Crippen LogP contribution in [0, 0.1) is 17.6 Å². The third-order valence-corrected chi connectivity index (χ3v) is 4.54. The van der Waals surface area contributed by atoms with E-state index in [4.69, 9.17) is 0 Å². The Morgan fingerprint density at radius 1 is 1.00 bits per heavy atom. The summed E-state index contributed by atoms with van der Waals surface area (Å²) in [6.07, 6.45) is 4.65. The summed E-state index contributed by atoms with van der Waals surface area (Å²) in [6, 6.07) is 1.71. The third kappa shape index (κ3) is 4.55. The minimum atomic E-state index is -5.00. The number of allylic oxidation sites excluding steroid dienone is 2. The van der Waals surface area contributed by atoms with Crippen LogP contribution in [-0.2, 0) is 6.18 Å². The van der Waals surface area contributed by atoms with Gasteiger partial charge in [0.05, 0.1) is 0 Å². The summed E-state index contributed by atoms with van der Waals surface area (Å²) in [4.78, 5) is 0. The quantitative estimate of drug-likeness (QED) is 0.430. The molecule has 2 rings (SSSR count). The second-order valence-electron chi connectivity index (χ2n) is 6.19. The molecule has 1 fully saturated rings. The van der Waals surface area contributed by atoms with E-state index in [1.54, 1.807) is 0 Å². The highest BCUT2D eigenvalue weighted by atomic mass is 19.4. The highest BCUT2D eigenvalue weighted by Crippen LogP contribution is 2.40. The Kier molecular flexibility index (Phi) is 5.82.